The molecule has 96 valence electrons. The predicted molar refractivity (Wildman–Crippen MR) is 85.6 cm³/mol. The summed E-state index contributed by atoms with van der Waals surface area (Å²) in [5.74, 6) is 1.11. The highest BCUT2D eigenvalue weighted by atomic mass is 79.9. The third-order valence-electron chi connectivity index (χ3n) is 2.50. The van der Waals surface area contributed by atoms with E-state index in [1.54, 1.807) is 0 Å². The first-order chi connectivity index (χ1) is 8.75. The van der Waals surface area contributed by atoms with Gasteiger partial charge < -0.3 is 5.32 Å². The fourth-order valence-corrected chi connectivity index (χ4v) is 3.98. The lowest BCUT2D eigenvalue weighted by atomic mass is 10.4. The maximum absolute atomic E-state index is 3.55. The summed E-state index contributed by atoms with van der Waals surface area (Å²) in [5.41, 5.74) is 0. The Labute approximate surface area is 125 Å². The van der Waals surface area contributed by atoms with E-state index in [1.165, 1.54) is 19.1 Å². The SMILES string of the molecule is Cc1sc(CNCCSc2ccccc2)cc1Br. The maximum Gasteiger partial charge on any atom is 0.0314 e. The molecule has 2 rings (SSSR count). The molecule has 1 N–H and O–H groups in total. The molecule has 0 atom stereocenters. The molecule has 1 aromatic carbocycles. The Hall–Kier alpha value is -0.290. The van der Waals surface area contributed by atoms with Gasteiger partial charge in [-0.1, -0.05) is 18.2 Å². The van der Waals surface area contributed by atoms with E-state index >= 15 is 0 Å². The van der Waals surface area contributed by atoms with Gasteiger partial charge in [0.15, 0.2) is 0 Å². The first-order valence-corrected chi connectivity index (χ1v) is 8.48. The number of rotatable bonds is 6. The van der Waals surface area contributed by atoms with E-state index in [9.17, 15) is 0 Å². The molecule has 0 amide bonds. The van der Waals surface area contributed by atoms with Crippen molar-refractivity contribution in [3.05, 3.63) is 50.6 Å². The van der Waals surface area contributed by atoms with Crippen LogP contribution >= 0.6 is 39.0 Å². The van der Waals surface area contributed by atoms with E-state index in [2.05, 4.69) is 64.6 Å². The lowest BCUT2D eigenvalue weighted by Gasteiger charge is -2.03. The summed E-state index contributed by atoms with van der Waals surface area (Å²) >= 11 is 7.30. The van der Waals surface area contributed by atoms with Gasteiger partial charge >= 0.3 is 0 Å². The van der Waals surface area contributed by atoms with Gasteiger partial charge in [0.25, 0.3) is 0 Å². The minimum Gasteiger partial charge on any atom is -0.311 e. The Kier molecular flexibility index (Phi) is 5.76. The molecule has 1 aromatic heterocycles. The van der Waals surface area contributed by atoms with Crippen molar-refractivity contribution in [3.63, 3.8) is 0 Å². The van der Waals surface area contributed by atoms with Crippen LogP contribution in [0.15, 0.2) is 45.8 Å². The summed E-state index contributed by atoms with van der Waals surface area (Å²) in [5, 5.41) is 3.48. The van der Waals surface area contributed by atoms with Gasteiger partial charge in [0.2, 0.25) is 0 Å². The number of thioether (sulfide) groups is 1. The maximum atomic E-state index is 3.55. The Morgan fingerprint density at radius 3 is 2.72 bits per heavy atom. The van der Waals surface area contributed by atoms with Gasteiger partial charge in [-0.3, -0.25) is 0 Å². The van der Waals surface area contributed by atoms with Crippen LogP contribution in [0.1, 0.15) is 9.75 Å². The van der Waals surface area contributed by atoms with Gasteiger partial charge in [0.05, 0.1) is 0 Å². The van der Waals surface area contributed by atoms with E-state index < -0.39 is 0 Å². The second-order valence-corrected chi connectivity index (χ2v) is 7.32. The van der Waals surface area contributed by atoms with Crippen molar-refractivity contribution < 1.29 is 0 Å². The highest BCUT2D eigenvalue weighted by molar-refractivity contribution is 9.10. The van der Waals surface area contributed by atoms with Crippen LogP contribution < -0.4 is 5.32 Å². The van der Waals surface area contributed by atoms with Crippen LogP contribution in [-0.2, 0) is 6.54 Å². The topological polar surface area (TPSA) is 12.0 Å². The van der Waals surface area contributed by atoms with Gasteiger partial charge in [0.1, 0.15) is 0 Å². The first kappa shape index (κ1) is 14.1. The Morgan fingerprint density at radius 1 is 1.28 bits per heavy atom. The zero-order chi connectivity index (χ0) is 12.8. The molecule has 0 aliphatic rings. The number of benzene rings is 1. The quantitative estimate of drug-likeness (QED) is 0.603. The average molecular weight is 342 g/mol. The normalized spacial score (nSPS) is 10.8. The molecular formula is C14H16BrNS2. The second kappa shape index (κ2) is 7.34. The molecule has 0 aliphatic heterocycles. The molecule has 0 saturated heterocycles. The van der Waals surface area contributed by atoms with Gasteiger partial charge in [-0.15, -0.1) is 23.1 Å². The molecule has 0 unspecified atom stereocenters. The van der Waals surface area contributed by atoms with Crippen LogP contribution in [0.25, 0.3) is 0 Å². The number of halogens is 1. The molecule has 0 spiro atoms. The molecule has 1 heterocycles. The summed E-state index contributed by atoms with van der Waals surface area (Å²) in [7, 11) is 0. The van der Waals surface area contributed by atoms with Crippen molar-refractivity contribution in [2.24, 2.45) is 0 Å². The standard InChI is InChI=1S/C14H16BrNS2/c1-11-14(15)9-13(18-11)10-16-7-8-17-12-5-3-2-4-6-12/h2-6,9,16H,7-8,10H2,1H3. The summed E-state index contributed by atoms with van der Waals surface area (Å²) < 4.78 is 1.22. The van der Waals surface area contributed by atoms with Crippen molar-refractivity contribution in [3.8, 4) is 0 Å². The van der Waals surface area contributed by atoms with Gasteiger partial charge in [-0.05, 0) is 41.1 Å². The van der Waals surface area contributed by atoms with Crippen molar-refractivity contribution >= 4 is 39.0 Å². The van der Waals surface area contributed by atoms with Crippen LogP contribution in [-0.4, -0.2) is 12.3 Å². The fraction of sp³-hybridized carbons (Fsp3) is 0.286. The van der Waals surface area contributed by atoms with Crippen molar-refractivity contribution in [2.45, 2.75) is 18.4 Å². The third-order valence-corrected chi connectivity index (χ3v) is 5.65. The van der Waals surface area contributed by atoms with Crippen LogP contribution in [0, 0.1) is 6.92 Å². The first-order valence-electron chi connectivity index (χ1n) is 5.89. The molecular weight excluding hydrogens is 326 g/mol. The number of hydrogen-bond acceptors (Lipinski definition) is 3. The molecule has 0 bridgehead atoms. The second-order valence-electron chi connectivity index (χ2n) is 3.96. The van der Waals surface area contributed by atoms with Crippen LogP contribution in [0.4, 0.5) is 0 Å². The largest absolute Gasteiger partial charge is 0.311 e. The molecule has 0 fully saturated rings. The summed E-state index contributed by atoms with van der Waals surface area (Å²) in [6.07, 6.45) is 0. The Morgan fingerprint density at radius 2 is 2.06 bits per heavy atom. The minimum absolute atomic E-state index is 0.965. The molecule has 2 aromatic rings. The molecule has 18 heavy (non-hydrogen) atoms. The van der Waals surface area contributed by atoms with E-state index in [0.29, 0.717) is 0 Å². The van der Waals surface area contributed by atoms with Crippen LogP contribution in [0.2, 0.25) is 0 Å². The number of nitrogens with one attached hydrogen (secondary N) is 1. The molecule has 0 radical (unpaired) electrons. The Bertz CT molecular complexity index is 462. The van der Waals surface area contributed by atoms with Crippen LogP contribution in [0.5, 0.6) is 0 Å². The van der Waals surface area contributed by atoms with Gasteiger partial charge in [0, 0.05) is 38.0 Å². The van der Waals surface area contributed by atoms with E-state index in [-0.39, 0.29) is 0 Å². The lowest BCUT2D eigenvalue weighted by molar-refractivity contribution is 0.741. The highest BCUT2D eigenvalue weighted by Gasteiger charge is 2.01. The zero-order valence-electron chi connectivity index (χ0n) is 10.3. The van der Waals surface area contributed by atoms with Crippen molar-refractivity contribution in [1.29, 1.82) is 0 Å². The summed E-state index contributed by atoms with van der Waals surface area (Å²) in [6, 6.07) is 12.7. The van der Waals surface area contributed by atoms with E-state index in [0.717, 1.165) is 18.8 Å². The van der Waals surface area contributed by atoms with Gasteiger partial charge in [-0.2, -0.15) is 0 Å². The zero-order valence-corrected chi connectivity index (χ0v) is 13.5. The number of hydrogen-bond donors (Lipinski definition) is 1. The third kappa shape index (κ3) is 4.43. The van der Waals surface area contributed by atoms with E-state index in [1.807, 2.05) is 23.1 Å². The molecule has 0 aliphatic carbocycles. The Balaban J connectivity index is 1.64. The van der Waals surface area contributed by atoms with Crippen molar-refractivity contribution in [1.82, 2.24) is 5.32 Å². The smallest absolute Gasteiger partial charge is 0.0314 e. The molecule has 0 saturated carbocycles. The van der Waals surface area contributed by atoms with E-state index in [4.69, 9.17) is 0 Å². The number of thiophene rings is 1. The monoisotopic (exact) mass is 341 g/mol. The number of aryl methyl sites for hydroxylation is 1. The summed E-state index contributed by atoms with van der Waals surface area (Å²) in [6.45, 7) is 4.14. The van der Waals surface area contributed by atoms with Crippen LogP contribution in [0.3, 0.4) is 0 Å². The molecule has 1 nitrogen and oxygen atoms in total. The van der Waals surface area contributed by atoms with Crippen molar-refractivity contribution in [2.75, 3.05) is 12.3 Å². The predicted octanol–water partition coefficient (Wildman–Crippen LogP) is 4.70. The van der Waals surface area contributed by atoms with Gasteiger partial charge in [-0.25, -0.2) is 0 Å². The summed E-state index contributed by atoms with van der Waals surface area (Å²) in [4.78, 5) is 4.09. The molecule has 4 heteroatoms. The lowest BCUT2D eigenvalue weighted by Crippen LogP contribution is -2.15. The fourth-order valence-electron chi connectivity index (χ4n) is 1.57. The average Bonchev–Trinajstić information content (AvgIpc) is 2.70. The highest BCUT2D eigenvalue weighted by Crippen LogP contribution is 2.26. The minimum atomic E-state index is 0.965.